The average Bonchev–Trinajstić information content (AvgIpc) is 3.07. The minimum absolute atomic E-state index is 0.264. The molecule has 0 aliphatic heterocycles. The van der Waals surface area contributed by atoms with E-state index in [2.05, 4.69) is 5.32 Å². The van der Waals surface area contributed by atoms with Gasteiger partial charge in [-0.15, -0.1) is 0 Å². The van der Waals surface area contributed by atoms with Crippen LogP contribution in [-0.4, -0.2) is 42.9 Å². The van der Waals surface area contributed by atoms with E-state index in [0.717, 1.165) is 17.9 Å². The molecule has 6 nitrogen and oxygen atoms in total. The number of carbonyl (C=O) groups excluding carboxylic acids is 2. The maximum absolute atomic E-state index is 12.1. The summed E-state index contributed by atoms with van der Waals surface area (Å²) in [6.07, 6.45) is 2.27. The highest BCUT2D eigenvalue weighted by atomic mass is 16.7. The summed E-state index contributed by atoms with van der Waals surface area (Å²) in [5.41, 5.74) is -0.579. The molecule has 1 unspecified atom stereocenters. The second kappa shape index (κ2) is 6.23. The zero-order valence-corrected chi connectivity index (χ0v) is 12.4. The van der Waals surface area contributed by atoms with Gasteiger partial charge in [0.15, 0.2) is 0 Å². The number of carbonyl (C=O) groups is 2. The van der Waals surface area contributed by atoms with Gasteiger partial charge in [0.25, 0.3) is 5.91 Å². The Morgan fingerprint density at radius 3 is 2.37 bits per heavy atom. The lowest BCUT2D eigenvalue weighted by molar-refractivity contribution is -0.171. The molecule has 0 bridgehead atoms. The fourth-order valence-electron chi connectivity index (χ4n) is 1.67. The second-order valence-corrected chi connectivity index (χ2v) is 5.90. The van der Waals surface area contributed by atoms with Crippen molar-refractivity contribution in [3.05, 3.63) is 0 Å². The summed E-state index contributed by atoms with van der Waals surface area (Å²) in [6, 6.07) is -0.590. The van der Waals surface area contributed by atoms with E-state index in [4.69, 9.17) is 9.57 Å². The van der Waals surface area contributed by atoms with E-state index in [-0.39, 0.29) is 5.91 Å². The monoisotopic (exact) mass is 272 g/mol. The molecule has 1 aliphatic rings. The van der Waals surface area contributed by atoms with E-state index < -0.39 is 17.7 Å². The summed E-state index contributed by atoms with van der Waals surface area (Å²) < 4.78 is 5.17. The van der Waals surface area contributed by atoms with Gasteiger partial charge in [-0.3, -0.25) is 9.63 Å². The van der Waals surface area contributed by atoms with Crippen LogP contribution >= 0.6 is 0 Å². The predicted molar refractivity (Wildman–Crippen MR) is 70.3 cm³/mol. The Hall–Kier alpha value is -1.30. The Balaban J connectivity index is 2.58. The number of hydrogen-bond acceptors (Lipinski definition) is 4. The highest BCUT2D eigenvalue weighted by Gasteiger charge is 2.33. The first kappa shape index (κ1) is 15.8. The number of hydrogen-bond donors (Lipinski definition) is 1. The molecule has 1 saturated carbocycles. The van der Waals surface area contributed by atoms with Gasteiger partial charge in [-0.05, 0) is 33.1 Å². The second-order valence-electron chi connectivity index (χ2n) is 5.90. The van der Waals surface area contributed by atoms with Gasteiger partial charge < -0.3 is 10.1 Å². The molecule has 0 aromatic heterocycles. The van der Waals surface area contributed by atoms with Crippen molar-refractivity contribution in [2.75, 3.05) is 14.2 Å². The fourth-order valence-corrected chi connectivity index (χ4v) is 1.67. The zero-order valence-electron chi connectivity index (χ0n) is 12.4. The van der Waals surface area contributed by atoms with E-state index >= 15 is 0 Å². The number of ether oxygens (including phenoxy) is 1. The van der Waals surface area contributed by atoms with Crippen LogP contribution in [0.3, 0.4) is 0 Å². The molecule has 19 heavy (non-hydrogen) atoms. The lowest BCUT2D eigenvalue weighted by Gasteiger charge is -2.25. The van der Waals surface area contributed by atoms with Gasteiger partial charge in [-0.25, -0.2) is 9.86 Å². The summed E-state index contributed by atoms with van der Waals surface area (Å²) >= 11 is 0. The number of nitrogens with one attached hydrogen (secondary N) is 1. The van der Waals surface area contributed by atoms with Crippen molar-refractivity contribution in [3.63, 3.8) is 0 Å². The smallest absolute Gasteiger partial charge is 0.408 e. The van der Waals surface area contributed by atoms with Crippen LogP contribution in [0.1, 0.15) is 40.0 Å². The SMILES string of the molecule is CON(C)C(=O)C(CC1CC1)NC(=O)OC(C)(C)C. The van der Waals surface area contributed by atoms with Crippen molar-refractivity contribution in [1.82, 2.24) is 10.4 Å². The molecule has 0 aromatic rings. The van der Waals surface area contributed by atoms with E-state index in [1.807, 2.05) is 0 Å². The molecular weight excluding hydrogens is 248 g/mol. The fraction of sp³-hybridized carbons (Fsp3) is 0.846. The number of hydroxylamine groups is 2. The number of nitrogens with zero attached hydrogens (tertiary/aromatic N) is 1. The average molecular weight is 272 g/mol. The summed E-state index contributed by atoms with van der Waals surface area (Å²) in [6.45, 7) is 5.35. The van der Waals surface area contributed by atoms with Crippen LogP contribution < -0.4 is 5.32 Å². The first-order valence-electron chi connectivity index (χ1n) is 6.54. The van der Waals surface area contributed by atoms with Crippen molar-refractivity contribution in [3.8, 4) is 0 Å². The first-order valence-corrected chi connectivity index (χ1v) is 6.54. The van der Waals surface area contributed by atoms with Gasteiger partial charge in [-0.1, -0.05) is 12.8 Å². The Morgan fingerprint density at radius 2 is 1.95 bits per heavy atom. The van der Waals surface area contributed by atoms with Crippen molar-refractivity contribution < 1.29 is 19.2 Å². The van der Waals surface area contributed by atoms with Crippen LogP contribution in [0.2, 0.25) is 0 Å². The quantitative estimate of drug-likeness (QED) is 0.773. The zero-order chi connectivity index (χ0) is 14.6. The van der Waals surface area contributed by atoms with Crippen LogP contribution in [0.5, 0.6) is 0 Å². The van der Waals surface area contributed by atoms with Crippen LogP contribution in [0, 0.1) is 5.92 Å². The molecular formula is C13H24N2O4. The summed E-state index contributed by atoms with van der Waals surface area (Å²) in [7, 11) is 2.94. The van der Waals surface area contributed by atoms with Gasteiger partial charge in [0.1, 0.15) is 11.6 Å². The summed E-state index contributed by atoms with van der Waals surface area (Å²) in [5.74, 6) is 0.245. The lowest BCUT2D eigenvalue weighted by Crippen LogP contribution is -2.48. The largest absolute Gasteiger partial charge is 0.444 e. The molecule has 1 aliphatic carbocycles. The Labute approximate surface area is 114 Å². The maximum Gasteiger partial charge on any atom is 0.408 e. The number of alkyl carbamates (subject to hydrolysis) is 1. The van der Waals surface area contributed by atoms with Gasteiger partial charge >= 0.3 is 6.09 Å². The summed E-state index contributed by atoms with van der Waals surface area (Å²) in [4.78, 5) is 28.7. The number of amides is 2. The molecule has 0 aromatic carbocycles. The highest BCUT2D eigenvalue weighted by Crippen LogP contribution is 2.33. The Bertz CT molecular complexity index is 334. The maximum atomic E-state index is 12.1. The number of rotatable bonds is 5. The van der Waals surface area contributed by atoms with E-state index in [9.17, 15) is 9.59 Å². The van der Waals surface area contributed by atoms with E-state index in [1.54, 1.807) is 20.8 Å². The molecule has 1 rings (SSSR count). The first-order chi connectivity index (χ1) is 8.73. The molecule has 1 N–H and O–H groups in total. The van der Waals surface area contributed by atoms with Crippen molar-refractivity contribution in [2.24, 2.45) is 5.92 Å². The van der Waals surface area contributed by atoms with Crippen LogP contribution in [0.15, 0.2) is 0 Å². The number of likely N-dealkylation sites (N-methyl/N-ethyl adjacent to an activating group) is 1. The van der Waals surface area contributed by atoms with Crippen LogP contribution in [-0.2, 0) is 14.4 Å². The molecule has 1 fully saturated rings. The molecule has 0 saturated heterocycles. The lowest BCUT2D eigenvalue weighted by atomic mass is 10.1. The Kier molecular flexibility index (Phi) is 5.17. The highest BCUT2D eigenvalue weighted by molar-refractivity contribution is 5.84. The molecule has 2 amide bonds. The van der Waals surface area contributed by atoms with Crippen molar-refractivity contribution in [2.45, 2.75) is 51.7 Å². The molecule has 6 heteroatoms. The third-order valence-corrected chi connectivity index (χ3v) is 2.84. The third-order valence-electron chi connectivity index (χ3n) is 2.84. The van der Waals surface area contributed by atoms with E-state index in [1.165, 1.54) is 14.2 Å². The molecule has 1 atom stereocenters. The normalized spacial score (nSPS) is 16.7. The van der Waals surface area contributed by atoms with E-state index in [0.29, 0.717) is 12.3 Å². The molecule has 110 valence electrons. The van der Waals surface area contributed by atoms with Crippen LogP contribution in [0.25, 0.3) is 0 Å². The van der Waals surface area contributed by atoms with Gasteiger partial charge in [-0.2, -0.15) is 0 Å². The molecule has 0 radical (unpaired) electrons. The Morgan fingerprint density at radius 1 is 1.37 bits per heavy atom. The van der Waals surface area contributed by atoms with Crippen molar-refractivity contribution in [1.29, 1.82) is 0 Å². The molecule has 0 heterocycles. The van der Waals surface area contributed by atoms with Crippen molar-refractivity contribution >= 4 is 12.0 Å². The van der Waals surface area contributed by atoms with Crippen LogP contribution in [0.4, 0.5) is 4.79 Å². The predicted octanol–water partition coefficient (Wildman–Crippen LogP) is 1.70. The summed E-state index contributed by atoms with van der Waals surface area (Å²) in [5, 5.41) is 3.76. The third kappa shape index (κ3) is 5.92. The minimum atomic E-state index is -0.590. The van der Waals surface area contributed by atoms with Gasteiger partial charge in [0, 0.05) is 7.05 Å². The van der Waals surface area contributed by atoms with Gasteiger partial charge in [0.05, 0.1) is 7.11 Å². The molecule has 0 spiro atoms. The van der Waals surface area contributed by atoms with Gasteiger partial charge in [0.2, 0.25) is 0 Å². The topological polar surface area (TPSA) is 67.9 Å². The minimum Gasteiger partial charge on any atom is -0.444 e. The standard InChI is InChI=1S/C13H24N2O4/c1-13(2,3)19-12(17)14-10(8-9-6-7-9)11(16)15(4)18-5/h9-10H,6-8H2,1-5H3,(H,14,17).